The van der Waals surface area contributed by atoms with Crippen LogP contribution in [0.15, 0.2) is 17.6 Å². The molecule has 0 saturated carbocycles. The molecule has 5 nitrogen and oxygen atoms in total. The Labute approximate surface area is 115 Å². The van der Waals surface area contributed by atoms with E-state index in [2.05, 4.69) is 0 Å². The maximum absolute atomic E-state index is 12.4. The molecule has 0 saturated heterocycles. The molecule has 104 valence electrons. The van der Waals surface area contributed by atoms with E-state index in [9.17, 15) is 13.2 Å². The van der Waals surface area contributed by atoms with Gasteiger partial charge in [-0.3, -0.25) is 4.79 Å². The molecular weight excluding hydrogens is 286 g/mol. The minimum absolute atomic E-state index is 0.167. The van der Waals surface area contributed by atoms with Gasteiger partial charge in [0.05, 0.1) is 21.9 Å². The third kappa shape index (κ3) is 2.40. The number of fused-ring (bicyclic) bond motifs is 1. The zero-order valence-corrected chi connectivity index (χ0v) is 12.3. The standard InChI is InChI=1S/C12H15NO4S2/c1-3-8(2)19(16,17)13-7-9(6-11(14)15)12-10(13)4-5-18-12/h4-5,7-8H,3,6H2,1-2H3,(H,14,15). The zero-order valence-electron chi connectivity index (χ0n) is 10.7. The van der Waals surface area contributed by atoms with Crippen LogP contribution in [0.4, 0.5) is 0 Å². The van der Waals surface area contributed by atoms with E-state index >= 15 is 0 Å². The first-order valence-electron chi connectivity index (χ1n) is 5.91. The van der Waals surface area contributed by atoms with Gasteiger partial charge < -0.3 is 5.11 Å². The molecule has 0 spiro atoms. The highest BCUT2D eigenvalue weighted by atomic mass is 32.2. The summed E-state index contributed by atoms with van der Waals surface area (Å²) in [5.41, 5.74) is 1.12. The molecule has 1 atom stereocenters. The van der Waals surface area contributed by atoms with Crippen LogP contribution in [0.1, 0.15) is 25.8 Å². The zero-order chi connectivity index (χ0) is 14.2. The van der Waals surface area contributed by atoms with E-state index in [1.54, 1.807) is 18.4 Å². The van der Waals surface area contributed by atoms with E-state index in [1.165, 1.54) is 21.5 Å². The molecule has 1 N–H and O–H groups in total. The van der Waals surface area contributed by atoms with E-state index in [-0.39, 0.29) is 6.42 Å². The number of rotatable bonds is 5. The summed E-state index contributed by atoms with van der Waals surface area (Å²) in [6.07, 6.45) is 1.79. The molecule has 0 aromatic carbocycles. The highest BCUT2D eigenvalue weighted by Crippen LogP contribution is 2.29. The number of hydrogen-bond donors (Lipinski definition) is 1. The fourth-order valence-electron chi connectivity index (χ4n) is 1.89. The van der Waals surface area contributed by atoms with Crippen molar-refractivity contribution in [1.29, 1.82) is 0 Å². The maximum Gasteiger partial charge on any atom is 0.307 e. The Morgan fingerprint density at radius 3 is 2.79 bits per heavy atom. The third-order valence-electron chi connectivity index (χ3n) is 3.15. The highest BCUT2D eigenvalue weighted by molar-refractivity contribution is 7.90. The summed E-state index contributed by atoms with van der Waals surface area (Å²) in [6.45, 7) is 3.47. The summed E-state index contributed by atoms with van der Waals surface area (Å²) >= 11 is 1.36. The van der Waals surface area contributed by atoms with Crippen LogP contribution in [0, 0.1) is 0 Å². The minimum Gasteiger partial charge on any atom is -0.481 e. The second-order valence-corrected chi connectivity index (χ2v) is 7.56. The molecule has 0 bridgehead atoms. The van der Waals surface area contributed by atoms with Gasteiger partial charge >= 0.3 is 5.97 Å². The van der Waals surface area contributed by atoms with Gasteiger partial charge in [0, 0.05) is 6.20 Å². The number of hydrogen-bond acceptors (Lipinski definition) is 4. The summed E-state index contributed by atoms with van der Waals surface area (Å²) < 4.78 is 26.7. The van der Waals surface area contributed by atoms with Gasteiger partial charge in [0.2, 0.25) is 10.0 Å². The smallest absolute Gasteiger partial charge is 0.307 e. The molecule has 0 amide bonds. The summed E-state index contributed by atoms with van der Waals surface area (Å²) in [5, 5.41) is 10.2. The van der Waals surface area contributed by atoms with Crippen molar-refractivity contribution in [3.05, 3.63) is 23.2 Å². The molecule has 0 radical (unpaired) electrons. The lowest BCUT2D eigenvalue weighted by atomic mass is 10.2. The molecule has 2 aromatic heterocycles. The van der Waals surface area contributed by atoms with Gasteiger partial charge in [0.1, 0.15) is 0 Å². The molecular formula is C12H15NO4S2. The van der Waals surface area contributed by atoms with Crippen LogP contribution >= 0.6 is 11.3 Å². The van der Waals surface area contributed by atoms with Crippen molar-refractivity contribution in [2.45, 2.75) is 31.9 Å². The number of aliphatic carboxylic acids is 1. The van der Waals surface area contributed by atoms with Gasteiger partial charge in [-0.1, -0.05) is 6.92 Å². The molecule has 2 aromatic rings. The fraction of sp³-hybridized carbons (Fsp3) is 0.417. The summed E-state index contributed by atoms with van der Waals surface area (Å²) in [4.78, 5) is 10.8. The first-order chi connectivity index (χ1) is 8.87. The fourth-order valence-corrected chi connectivity index (χ4v) is 4.35. The quantitative estimate of drug-likeness (QED) is 0.919. The Morgan fingerprint density at radius 2 is 2.21 bits per heavy atom. The Morgan fingerprint density at radius 1 is 1.53 bits per heavy atom. The summed E-state index contributed by atoms with van der Waals surface area (Å²) in [5.74, 6) is -0.964. The summed E-state index contributed by atoms with van der Waals surface area (Å²) in [6, 6.07) is 1.71. The Bertz CT molecular complexity index is 711. The van der Waals surface area contributed by atoms with Crippen LogP contribution in [0.25, 0.3) is 10.2 Å². The van der Waals surface area contributed by atoms with Crippen LogP contribution in [-0.4, -0.2) is 28.7 Å². The average molecular weight is 301 g/mol. The monoisotopic (exact) mass is 301 g/mol. The van der Waals surface area contributed by atoms with Gasteiger partial charge in [-0.25, -0.2) is 12.4 Å². The van der Waals surface area contributed by atoms with E-state index in [0.29, 0.717) is 17.5 Å². The van der Waals surface area contributed by atoms with E-state index < -0.39 is 21.2 Å². The maximum atomic E-state index is 12.4. The molecule has 7 heteroatoms. The molecule has 0 aliphatic heterocycles. The topological polar surface area (TPSA) is 76.4 Å². The van der Waals surface area contributed by atoms with Crippen LogP contribution in [0.2, 0.25) is 0 Å². The second-order valence-electron chi connectivity index (χ2n) is 4.42. The van der Waals surface area contributed by atoms with Gasteiger partial charge in [-0.15, -0.1) is 11.3 Å². The molecule has 2 rings (SSSR count). The lowest BCUT2D eigenvalue weighted by Crippen LogP contribution is -2.23. The Hall–Kier alpha value is -1.34. The number of carboxylic acids is 1. The van der Waals surface area contributed by atoms with Crippen molar-refractivity contribution in [2.75, 3.05) is 0 Å². The predicted octanol–water partition coefficient (Wildman–Crippen LogP) is 2.31. The predicted molar refractivity (Wildman–Crippen MR) is 75.2 cm³/mol. The number of aromatic nitrogens is 1. The lowest BCUT2D eigenvalue weighted by Gasteiger charge is -2.12. The minimum atomic E-state index is -3.47. The average Bonchev–Trinajstić information content (AvgIpc) is 2.91. The second kappa shape index (κ2) is 4.97. The number of thiophene rings is 1. The van der Waals surface area contributed by atoms with Crippen LogP contribution in [-0.2, 0) is 21.2 Å². The third-order valence-corrected chi connectivity index (χ3v) is 6.33. The Kier molecular flexibility index (Phi) is 3.69. The summed E-state index contributed by atoms with van der Waals surface area (Å²) in [7, 11) is -3.47. The van der Waals surface area contributed by atoms with Crippen LogP contribution < -0.4 is 0 Å². The van der Waals surface area contributed by atoms with Crippen molar-refractivity contribution < 1.29 is 18.3 Å². The number of nitrogens with zero attached hydrogens (tertiary/aromatic N) is 1. The van der Waals surface area contributed by atoms with Crippen molar-refractivity contribution in [3.8, 4) is 0 Å². The highest BCUT2D eigenvalue weighted by Gasteiger charge is 2.25. The SMILES string of the molecule is CCC(C)S(=O)(=O)n1cc(CC(=O)O)c2sccc21. The van der Waals surface area contributed by atoms with Gasteiger partial charge in [-0.2, -0.15) is 0 Å². The molecule has 19 heavy (non-hydrogen) atoms. The van der Waals surface area contributed by atoms with E-state index in [1.807, 2.05) is 6.92 Å². The normalized spacial score (nSPS) is 13.8. The first-order valence-corrected chi connectivity index (χ1v) is 8.29. The number of carbonyl (C=O) groups is 1. The molecule has 0 aliphatic carbocycles. The van der Waals surface area contributed by atoms with Crippen molar-refractivity contribution >= 4 is 37.5 Å². The first kappa shape index (κ1) is 14.1. The van der Waals surface area contributed by atoms with Gasteiger partial charge in [0.25, 0.3) is 0 Å². The van der Waals surface area contributed by atoms with Crippen molar-refractivity contribution in [2.24, 2.45) is 0 Å². The van der Waals surface area contributed by atoms with Crippen LogP contribution in [0.3, 0.4) is 0 Å². The van der Waals surface area contributed by atoms with E-state index in [4.69, 9.17) is 5.11 Å². The molecule has 1 unspecified atom stereocenters. The Balaban J connectivity index is 2.62. The van der Waals surface area contributed by atoms with Crippen LogP contribution in [0.5, 0.6) is 0 Å². The largest absolute Gasteiger partial charge is 0.481 e. The van der Waals surface area contributed by atoms with E-state index in [0.717, 1.165) is 4.70 Å². The molecule has 0 fully saturated rings. The molecule has 2 heterocycles. The van der Waals surface area contributed by atoms with Crippen molar-refractivity contribution in [1.82, 2.24) is 3.97 Å². The lowest BCUT2D eigenvalue weighted by molar-refractivity contribution is -0.136. The molecule has 0 aliphatic rings. The van der Waals surface area contributed by atoms with Gasteiger partial charge in [0.15, 0.2) is 0 Å². The van der Waals surface area contributed by atoms with Gasteiger partial charge in [-0.05, 0) is 30.4 Å². The number of carboxylic acid groups (broad SMARTS) is 1. The van der Waals surface area contributed by atoms with Crippen molar-refractivity contribution in [3.63, 3.8) is 0 Å².